The van der Waals surface area contributed by atoms with E-state index in [0.717, 1.165) is 0 Å². The van der Waals surface area contributed by atoms with Gasteiger partial charge in [-0.15, -0.1) is 0 Å². The lowest BCUT2D eigenvalue weighted by atomic mass is 10.2. The second-order valence-corrected chi connectivity index (χ2v) is 5.90. The van der Waals surface area contributed by atoms with Gasteiger partial charge in [-0.3, -0.25) is 20.3 Å². The van der Waals surface area contributed by atoms with E-state index in [2.05, 4.69) is 16.2 Å². The van der Waals surface area contributed by atoms with Crippen LogP contribution in [0.5, 0.6) is 5.75 Å². The van der Waals surface area contributed by atoms with Crippen LogP contribution in [0.3, 0.4) is 0 Å². The number of halogens is 1. The van der Waals surface area contributed by atoms with Crippen molar-refractivity contribution in [2.75, 3.05) is 5.32 Å². The average Bonchev–Trinajstić information content (AvgIpc) is 2.64. The molecule has 2 aromatic rings. The number of nitrogens with one attached hydrogen (secondary N) is 3. The summed E-state index contributed by atoms with van der Waals surface area (Å²) >= 11 is 5.98. The number of urea groups is 1. The van der Waals surface area contributed by atoms with Gasteiger partial charge in [0.25, 0.3) is 11.6 Å². The van der Waals surface area contributed by atoms with Crippen LogP contribution in [0.25, 0.3) is 0 Å². The molecular formula is C17H17ClN4O5. The molecule has 27 heavy (non-hydrogen) atoms. The molecule has 0 heterocycles. The van der Waals surface area contributed by atoms with Crippen LogP contribution in [-0.2, 0) is 4.79 Å². The summed E-state index contributed by atoms with van der Waals surface area (Å²) in [5, 5.41) is 13.7. The van der Waals surface area contributed by atoms with Crippen molar-refractivity contribution in [3.8, 4) is 5.75 Å². The number of nitro groups is 1. The van der Waals surface area contributed by atoms with E-state index in [0.29, 0.717) is 16.3 Å². The van der Waals surface area contributed by atoms with E-state index >= 15 is 0 Å². The number of anilines is 1. The Labute approximate surface area is 159 Å². The van der Waals surface area contributed by atoms with Gasteiger partial charge in [-0.2, -0.15) is 0 Å². The molecule has 3 amide bonds. The molecule has 142 valence electrons. The molecule has 2 rings (SSSR count). The Morgan fingerprint density at radius 1 is 1.15 bits per heavy atom. The smallest absolute Gasteiger partial charge is 0.337 e. The van der Waals surface area contributed by atoms with E-state index in [4.69, 9.17) is 16.3 Å². The monoisotopic (exact) mass is 392 g/mol. The molecule has 0 saturated heterocycles. The van der Waals surface area contributed by atoms with Crippen LogP contribution in [0.2, 0.25) is 5.02 Å². The number of rotatable bonds is 5. The lowest BCUT2D eigenvalue weighted by Gasteiger charge is -2.16. The third-order valence-electron chi connectivity index (χ3n) is 3.54. The van der Waals surface area contributed by atoms with Crippen molar-refractivity contribution in [1.29, 1.82) is 0 Å². The standard InChI is InChI=1S/C17H17ClN4O5/c1-10-14(18)4-3-5-15(10)19-17(24)21-20-16(23)11(2)27-13-8-6-12(7-9-13)22(25)26/h3-9,11H,1-2H3,(H,20,23)(H2,19,21,24). The predicted octanol–water partition coefficient (Wildman–Crippen LogP) is 3.18. The molecular weight excluding hydrogens is 376 g/mol. The second kappa shape index (κ2) is 8.86. The Morgan fingerprint density at radius 3 is 2.44 bits per heavy atom. The molecule has 10 heteroatoms. The third kappa shape index (κ3) is 5.58. The number of nitro benzene ring substituents is 1. The van der Waals surface area contributed by atoms with Crippen molar-refractivity contribution in [3.05, 3.63) is 63.2 Å². The SMILES string of the molecule is Cc1c(Cl)cccc1NC(=O)NNC(=O)C(C)Oc1ccc([N+](=O)[O-])cc1. The largest absolute Gasteiger partial charge is 0.481 e. The quantitative estimate of drug-likeness (QED) is 0.532. The van der Waals surface area contributed by atoms with Gasteiger partial charge in [0, 0.05) is 22.8 Å². The molecule has 1 unspecified atom stereocenters. The molecule has 0 saturated carbocycles. The van der Waals surface area contributed by atoms with Crippen LogP contribution in [-0.4, -0.2) is 23.0 Å². The minimum Gasteiger partial charge on any atom is -0.481 e. The second-order valence-electron chi connectivity index (χ2n) is 5.49. The summed E-state index contributed by atoms with van der Waals surface area (Å²) in [6.45, 7) is 3.22. The maximum Gasteiger partial charge on any atom is 0.337 e. The first-order valence-corrected chi connectivity index (χ1v) is 8.19. The molecule has 0 radical (unpaired) electrons. The fourth-order valence-electron chi connectivity index (χ4n) is 2.02. The molecule has 0 aliphatic heterocycles. The van der Waals surface area contributed by atoms with Gasteiger partial charge in [0.1, 0.15) is 5.75 Å². The number of carbonyl (C=O) groups is 2. The van der Waals surface area contributed by atoms with Crippen molar-refractivity contribution in [2.24, 2.45) is 0 Å². The normalized spacial score (nSPS) is 11.2. The van der Waals surface area contributed by atoms with Crippen molar-refractivity contribution < 1.29 is 19.2 Å². The third-order valence-corrected chi connectivity index (χ3v) is 3.95. The Kier molecular flexibility index (Phi) is 6.56. The van der Waals surface area contributed by atoms with Crippen molar-refractivity contribution in [1.82, 2.24) is 10.9 Å². The van der Waals surface area contributed by atoms with E-state index in [1.54, 1.807) is 25.1 Å². The minimum atomic E-state index is -0.945. The average molecular weight is 393 g/mol. The van der Waals surface area contributed by atoms with Crippen LogP contribution in [0.15, 0.2) is 42.5 Å². The van der Waals surface area contributed by atoms with Crippen LogP contribution >= 0.6 is 11.6 Å². The number of hydrogen-bond acceptors (Lipinski definition) is 5. The number of hydrogen-bond donors (Lipinski definition) is 3. The van der Waals surface area contributed by atoms with Crippen LogP contribution < -0.4 is 20.9 Å². The van der Waals surface area contributed by atoms with Crippen molar-refractivity contribution in [2.45, 2.75) is 20.0 Å². The fourth-order valence-corrected chi connectivity index (χ4v) is 2.20. The van der Waals surface area contributed by atoms with E-state index in [1.165, 1.54) is 31.2 Å². The van der Waals surface area contributed by atoms with E-state index in [1.807, 2.05) is 0 Å². The highest BCUT2D eigenvalue weighted by molar-refractivity contribution is 6.31. The summed E-state index contributed by atoms with van der Waals surface area (Å²) < 4.78 is 5.37. The van der Waals surface area contributed by atoms with Gasteiger partial charge >= 0.3 is 6.03 Å². The van der Waals surface area contributed by atoms with Crippen LogP contribution in [0.4, 0.5) is 16.2 Å². The molecule has 0 spiro atoms. The number of hydrazine groups is 1. The first-order chi connectivity index (χ1) is 12.8. The highest BCUT2D eigenvalue weighted by Crippen LogP contribution is 2.22. The van der Waals surface area contributed by atoms with Gasteiger partial charge in [-0.1, -0.05) is 17.7 Å². The number of benzene rings is 2. The molecule has 0 aromatic heterocycles. The van der Waals surface area contributed by atoms with Crippen LogP contribution in [0, 0.1) is 17.0 Å². The van der Waals surface area contributed by atoms with Gasteiger partial charge in [0.05, 0.1) is 4.92 Å². The molecule has 2 aromatic carbocycles. The van der Waals surface area contributed by atoms with Gasteiger partial charge in [-0.25, -0.2) is 10.2 Å². The number of non-ortho nitro benzene ring substituents is 1. The topological polar surface area (TPSA) is 123 Å². The maximum atomic E-state index is 12.0. The Balaban J connectivity index is 1.84. The van der Waals surface area contributed by atoms with Crippen molar-refractivity contribution >= 4 is 34.9 Å². The highest BCUT2D eigenvalue weighted by Gasteiger charge is 2.16. The molecule has 9 nitrogen and oxygen atoms in total. The van der Waals surface area contributed by atoms with E-state index < -0.39 is 23.0 Å². The predicted molar refractivity (Wildman–Crippen MR) is 99.7 cm³/mol. The first-order valence-electron chi connectivity index (χ1n) is 7.81. The van der Waals surface area contributed by atoms with E-state index in [-0.39, 0.29) is 11.4 Å². The summed E-state index contributed by atoms with van der Waals surface area (Å²) in [5.74, 6) is -0.325. The zero-order valence-corrected chi connectivity index (χ0v) is 15.2. The highest BCUT2D eigenvalue weighted by atomic mass is 35.5. The summed E-state index contributed by atoms with van der Waals surface area (Å²) in [6.07, 6.45) is -0.945. The molecule has 0 fully saturated rings. The van der Waals surface area contributed by atoms with Gasteiger partial charge in [0.2, 0.25) is 0 Å². The number of ether oxygens (including phenoxy) is 1. The van der Waals surface area contributed by atoms with Gasteiger partial charge in [0.15, 0.2) is 6.10 Å². The van der Waals surface area contributed by atoms with Gasteiger partial charge in [-0.05, 0) is 43.7 Å². The molecule has 0 aliphatic rings. The molecule has 0 aliphatic carbocycles. The van der Waals surface area contributed by atoms with Crippen LogP contribution in [0.1, 0.15) is 12.5 Å². The number of carbonyl (C=O) groups excluding carboxylic acids is 2. The Bertz CT molecular complexity index is 857. The zero-order chi connectivity index (χ0) is 20.0. The zero-order valence-electron chi connectivity index (χ0n) is 14.5. The Morgan fingerprint density at radius 2 is 1.81 bits per heavy atom. The molecule has 3 N–H and O–H groups in total. The summed E-state index contributed by atoms with van der Waals surface area (Å²) in [5.41, 5.74) is 5.53. The van der Waals surface area contributed by atoms with Gasteiger partial charge < -0.3 is 10.1 Å². The van der Waals surface area contributed by atoms with Crippen molar-refractivity contribution in [3.63, 3.8) is 0 Å². The lowest BCUT2D eigenvalue weighted by molar-refractivity contribution is -0.384. The summed E-state index contributed by atoms with van der Waals surface area (Å²) in [4.78, 5) is 33.9. The fraction of sp³-hybridized carbons (Fsp3) is 0.176. The molecule has 0 bridgehead atoms. The van der Waals surface area contributed by atoms with E-state index in [9.17, 15) is 19.7 Å². The Hall–Kier alpha value is -3.33. The molecule has 1 atom stereocenters. The maximum absolute atomic E-state index is 12.0. The summed E-state index contributed by atoms with van der Waals surface area (Å²) in [7, 11) is 0. The number of nitrogens with zero attached hydrogens (tertiary/aromatic N) is 1. The summed E-state index contributed by atoms with van der Waals surface area (Å²) in [6, 6.07) is 9.67. The number of amides is 3. The lowest BCUT2D eigenvalue weighted by Crippen LogP contribution is -2.48. The minimum absolute atomic E-state index is 0.0888. The first kappa shape index (κ1) is 20.0.